The van der Waals surface area contributed by atoms with Gasteiger partial charge in [-0.1, -0.05) is 43.3 Å². The Balaban J connectivity index is 1.64. The summed E-state index contributed by atoms with van der Waals surface area (Å²) in [6, 6.07) is 24.0. The molecule has 35 heavy (non-hydrogen) atoms. The van der Waals surface area contributed by atoms with Crippen molar-refractivity contribution in [1.82, 2.24) is 0 Å². The second-order valence-electron chi connectivity index (χ2n) is 9.28. The van der Waals surface area contributed by atoms with Crippen molar-refractivity contribution < 1.29 is 9.47 Å². The van der Waals surface area contributed by atoms with Gasteiger partial charge in [0.2, 0.25) is 0 Å². The lowest BCUT2D eigenvalue weighted by atomic mass is 9.85. The molecule has 4 aromatic carbocycles. The highest BCUT2D eigenvalue weighted by Gasteiger charge is 2.19. The average Bonchev–Trinajstić information content (AvgIpc) is 2.79. The standard InChI is InChI=1S/C31H34N2O2/c1-6-29(23-13-19(2)30(20(3)14-23)34-27-11-7-9-25(32)17-27)24-15-21(4)31(22(5)16-24)35-28-12-8-10-26(33)18-28/h7-18,29H,6,32-33H2,1-5H3. The van der Waals surface area contributed by atoms with Gasteiger partial charge in [0.1, 0.15) is 23.0 Å². The zero-order chi connectivity index (χ0) is 25.1. The van der Waals surface area contributed by atoms with Gasteiger partial charge in [0.25, 0.3) is 0 Å². The van der Waals surface area contributed by atoms with Gasteiger partial charge in [0.05, 0.1) is 0 Å². The Morgan fingerprint density at radius 1 is 0.600 bits per heavy atom. The summed E-state index contributed by atoms with van der Waals surface area (Å²) in [6.45, 7) is 10.6. The molecule has 0 aromatic heterocycles. The minimum atomic E-state index is 0.271. The van der Waals surface area contributed by atoms with E-state index in [9.17, 15) is 0 Å². The fraction of sp³-hybridized carbons (Fsp3) is 0.226. The number of hydrogen-bond donors (Lipinski definition) is 2. The van der Waals surface area contributed by atoms with Crippen molar-refractivity contribution >= 4 is 11.4 Å². The summed E-state index contributed by atoms with van der Waals surface area (Å²) in [5.74, 6) is 3.53. The third-order valence-electron chi connectivity index (χ3n) is 6.33. The number of nitrogens with two attached hydrogens (primary N) is 2. The molecular formula is C31H34N2O2. The summed E-state index contributed by atoms with van der Waals surface area (Å²) in [5.41, 5.74) is 20.2. The van der Waals surface area contributed by atoms with E-state index in [1.807, 2.05) is 48.5 Å². The first kappa shape index (κ1) is 24.2. The van der Waals surface area contributed by atoms with Gasteiger partial charge in [-0.05, 0) is 91.8 Å². The van der Waals surface area contributed by atoms with Crippen LogP contribution in [0.3, 0.4) is 0 Å². The number of nitrogen functional groups attached to an aromatic ring is 2. The largest absolute Gasteiger partial charge is 0.457 e. The molecule has 0 saturated carbocycles. The van der Waals surface area contributed by atoms with Crippen LogP contribution in [0.4, 0.5) is 11.4 Å². The summed E-state index contributed by atoms with van der Waals surface area (Å²) >= 11 is 0. The van der Waals surface area contributed by atoms with Crippen LogP contribution in [-0.4, -0.2) is 0 Å². The van der Waals surface area contributed by atoms with Crippen LogP contribution in [0, 0.1) is 27.7 Å². The van der Waals surface area contributed by atoms with E-state index in [4.69, 9.17) is 20.9 Å². The Morgan fingerprint density at radius 2 is 0.971 bits per heavy atom. The molecule has 0 atom stereocenters. The van der Waals surface area contributed by atoms with Gasteiger partial charge in [-0.2, -0.15) is 0 Å². The first-order valence-electron chi connectivity index (χ1n) is 12.0. The van der Waals surface area contributed by atoms with E-state index < -0.39 is 0 Å². The summed E-state index contributed by atoms with van der Waals surface area (Å²) in [6.07, 6.45) is 0.989. The monoisotopic (exact) mass is 466 g/mol. The third-order valence-corrected chi connectivity index (χ3v) is 6.33. The van der Waals surface area contributed by atoms with E-state index in [0.29, 0.717) is 11.4 Å². The highest BCUT2D eigenvalue weighted by molar-refractivity contribution is 5.53. The average molecular weight is 467 g/mol. The lowest BCUT2D eigenvalue weighted by Crippen LogP contribution is -2.04. The van der Waals surface area contributed by atoms with Gasteiger partial charge in [-0.15, -0.1) is 0 Å². The molecule has 4 nitrogen and oxygen atoms in total. The second-order valence-corrected chi connectivity index (χ2v) is 9.28. The molecule has 0 bridgehead atoms. The maximum atomic E-state index is 6.21. The van der Waals surface area contributed by atoms with Gasteiger partial charge in [-0.3, -0.25) is 0 Å². The number of benzene rings is 4. The van der Waals surface area contributed by atoms with Gasteiger partial charge < -0.3 is 20.9 Å². The van der Waals surface area contributed by atoms with Crippen LogP contribution in [0.5, 0.6) is 23.0 Å². The molecule has 4 N–H and O–H groups in total. The van der Waals surface area contributed by atoms with Crippen LogP contribution in [0.15, 0.2) is 72.8 Å². The molecule has 180 valence electrons. The Hall–Kier alpha value is -3.92. The molecule has 0 aliphatic rings. The molecule has 0 fully saturated rings. The van der Waals surface area contributed by atoms with Gasteiger partial charge >= 0.3 is 0 Å². The molecule has 4 aromatic rings. The highest BCUT2D eigenvalue weighted by atomic mass is 16.5. The van der Waals surface area contributed by atoms with E-state index in [-0.39, 0.29) is 5.92 Å². The topological polar surface area (TPSA) is 70.5 Å². The van der Waals surface area contributed by atoms with Crippen LogP contribution in [0.2, 0.25) is 0 Å². The third kappa shape index (κ3) is 5.43. The predicted octanol–water partition coefficient (Wildman–Crippen LogP) is 8.21. The molecule has 0 unspecified atom stereocenters. The SMILES string of the molecule is CCC(c1cc(C)c(Oc2cccc(N)c2)c(C)c1)c1cc(C)c(Oc2cccc(N)c2)c(C)c1. The van der Waals surface area contributed by atoms with Crippen LogP contribution in [-0.2, 0) is 0 Å². The Kier molecular flexibility index (Phi) is 7.02. The van der Waals surface area contributed by atoms with Crippen molar-refractivity contribution in [2.45, 2.75) is 47.0 Å². The lowest BCUT2D eigenvalue weighted by Gasteiger charge is -2.22. The van der Waals surface area contributed by atoms with E-state index in [0.717, 1.165) is 51.7 Å². The first-order valence-corrected chi connectivity index (χ1v) is 12.0. The highest BCUT2D eigenvalue weighted by Crippen LogP contribution is 2.38. The zero-order valence-electron chi connectivity index (χ0n) is 21.2. The van der Waals surface area contributed by atoms with E-state index in [1.165, 1.54) is 11.1 Å². The van der Waals surface area contributed by atoms with Crippen molar-refractivity contribution in [1.29, 1.82) is 0 Å². The molecule has 4 rings (SSSR count). The Bertz CT molecular complexity index is 1210. The minimum Gasteiger partial charge on any atom is -0.457 e. The van der Waals surface area contributed by atoms with Crippen molar-refractivity contribution in [3.05, 3.63) is 106 Å². The van der Waals surface area contributed by atoms with Crippen LogP contribution in [0.25, 0.3) is 0 Å². The van der Waals surface area contributed by atoms with Crippen LogP contribution < -0.4 is 20.9 Å². The fourth-order valence-electron chi connectivity index (χ4n) is 4.75. The molecular weight excluding hydrogens is 432 g/mol. The molecule has 0 spiro atoms. The molecule has 0 aliphatic heterocycles. The summed E-state index contributed by atoms with van der Waals surface area (Å²) in [4.78, 5) is 0. The number of aryl methyl sites for hydroxylation is 4. The van der Waals surface area contributed by atoms with Crippen molar-refractivity contribution in [3.63, 3.8) is 0 Å². The van der Waals surface area contributed by atoms with Crippen LogP contribution >= 0.6 is 0 Å². The fourth-order valence-corrected chi connectivity index (χ4v) is 4.75. The first-order chi connectivity index (χ1) is 16.7. The molecule has 0 radical (unpaired) electrons. The minimum absolute atomic E-state index is 0.271. The quantitative estimate of drug-likeness (QED) is 0.269. The zero-order valence-corrected chi connectivity index (χ0v) is 21.2. The van der Waals surface area contributed by atoms with Crippen LogP contribution in [0.1, 0.15) is 52.6 Å². The molecule has 0 saturated heterocycles. The number of rotatable bonds is 7. The Labute approximate surface area is 208 Å². The molecule has 0 heterocycles. The summed E-state index contributed by atoms with van der Waals surface area (Å²) < 4.78 is 12.4. The predicted molar refractivity (Wildman–Crippen MR) is 146 cm³/mol. The van der Waals surface area contributed by atoms with E-state index >= 15 is 0 Å². The van der Waals surface area contributed by atoms with E-state index in [2.05, 4.69) is 58.9 Å². The second kappa shape index (κ2) is 10.1. The van der Waals surface area contributed by atoms with Crippen molar-refractivity contribution in [2.75, 3.05) is 11.5 Å². The number of anilines is 2. The van der Waals surface area contributed by atoms with E-state index in [1.54, 1.807) is 0 Å². The smallest absolute Gasteiger partial charge is 0.133 e. The van der Waals surface area contributed by atoms with Gasteiger partial charge in [-0.25, -0.2) is 0 Å². The molecule has 0 amide bonds. The maximum absolute atomic E-state index is 6.21. The normalized spacial score (nSPS) is 11.0. The maximum Gasteiger partial charge on any atom is 0.133 e. The number of hydrogen-bond acceptors (Lipinski definition) is 4. The number of ether oxygens (including phenoxy) is 2. The lowest BCUT2D eigenvalue weighted by molar-refractivity contribution is 0.474. The summed E-state index contributed by atoms with van der Waals surface area (Å²) in [5, 5.41) is 0. The Morgan fingerprint density at radius 3 is 1.29 bits per heavy atom. The molecule has 4 heteroatoms. The summed E-state index contributed by atoms with van der Waals surface area (Å²) in [7, 11) is 0. The molecule has 0 aliphatic carbocycles. The van der Waals surface area contributed by atoms with Gasteiger partial charge in [0.15, 0.2) is 0 Å². The van der Waals surface area contributed by atoms with Gasteiger partial charge in [0, 0.05) is 29.4 Å². The van der Waals surface area contributed by atoms with Crippen molar-refractivity contribution in [2.24, 2.45) is 0 Å². The van der Waals surface area contributed by atoms with Crippen molar-refractivity contribution in [3.8, 4) is 23.0 Å².